The molecule has 2 rings (SSSR count). The minimum absolute atomic E-state index is 0. The predicted octanol–water partition coefficient (Wildman–Crippen LogP) is 3.23. The van der Waals surface area contributed by atoms with Crippen LogP contribution in [0.4, 0.5) is 0 Å². The number of alkyl halides is 4. The van der Waals surface area contributed by atoms with E-state index in [1.165, 1.54) is 0 Å². The number of rotatable bonds is 2. The molecule has 115 valence electrons. The van der Waals surface area contributed by atoms with E-state index in [2.05, 4.69) is 0 Å². The second-order valence-electron chi connectivity index (χ2n) is 4.26. The van der Waals surface area contributed by atoms with Crippen molar-refractivity contribution in [2.24, 2.45) is 11.8 Å². The summed E-state index contributed by atoms with van der Waals surface area (Å²) in [5.74, 6) is -6.49. The summed E-state index contributed by atoms with van der Waals surface area (Å²) in [4.78, 5) is 18.5. The van der Waals surface area contributed by atoms with Gasteiger partial charge in [0, 0.05) is 0 Å². The van der Waals surface area contributed by atoms with Crippen molar-refractivity contribution in [2.45, 2.75) is 14.1 Å². The third-order valence-corrected chi connectivity index (χ3v) is 7.73. The summed E-state index contributed by atoms with van der Waals surface area (Å²) in [6.45, 7) is 0. The first-order valence-electron chi connectivity index (χ1n) is 4.73. The maximum Gasteiger partial charge on any atom is 2.00 e. The molecule has 20 heavy (non-hydrogen) atoms. The Morgan fingerprint density at radius 3 is 1.30 bits per heavy atom. The Morgan fingerprint density at radius 2 is 1.10 bits per heavy atom. The second kappa shape index (κ2) is 5.24. The standard InChI is InChI=1S/C9H4Cl6O4.Cu/c10-3-4(11)8(13)2(6(18)19)1(5(16)17)7(3,12)9(8,14)15;/h1-2H,(H,16,17)(H,18,19);/q;+2. The zero-order valence-corrected chi connectivity index (χ0v) is 14.4. The van der Waals surface area contributed by atoms with Crippen LogP contribution in [-0.4, -0.2) is 36.2 Å². The molecule has 0 aromatic rings. The molecule has 0 aromatic heterocycles. The Balaban J connectivity index is 0.00000200. The van der Waals surface area contributed by atoms with Gasteiger partial charge in [-0.15, -0.1) is 23.2 Å². The van der Waals surface area contributed by atoms with Crippen LogP contribution in [0, 0.1) is 11.8 Å². The molecular weight excluding hydrogens is 448 g/mol. The van der Waals surface area contributed by atoms with Crippen molar-refractivity contribution in [3.63, 3.8) is 0 Å². The molecule has 1 radical (unpaired) electrons. The van der Waals surface area contributed by atoms with E-state index in [-0.39, 0.29) is 27.1 Å². The fraction of sp³-hybridized carbons (Fsp3) is 0.556. The van der Waals surface area contributed by atoms with E-state index in [1.807, 2.05) is 0 Å². The van der Waals surface area contributed by atoms with Gasteiger partial charge in [-0.3, -0.25) is 9.59 Å². The summed E-state index contributed by atoms with van der Waals surface area (Å²) >= 11 is 36.2. The van der Waals surface area contributed by atoms with E-state index in [4.69, 9.17) is 69.6 Å². The molecule has 0 spiro atoms. The van der Waals surface area contributed by atoms with Crippen LogP contribution in [0.15, 0.2) is 10.1 Å². The van der Waals surface area contributed by atoms with Crippen LogP contribution < -0.4 is 0 Å². The molecule has 4 unspecified atom stereocenters. The monoisotopic (exact) mass is 449 g/mol. The second-order valence-corrected chi connectivity index (χ2v) is 7.53. The Labute approximate surface area is 153 Å². The summed E-state index contributed by atoms with van der Waals surface area (Å²) < 4.78 is -2.18. The van der Waals surface area contributed by atoms with Gasteiger partial charge in [-0.25, -0.2) is 0 Å². The van der Waals surface area contributed by atoms with Gasteiger partial charge in [-0.05, 0) is 0 Å². The summed E-state index contributed by atoms with van der Waals surface area (Å²) in [6, 6.07) is 0. The van der Waals surface area contributed by atoms with E-state index < -0.39 is 37.9 Å². The topological polar surface area (TPSA) is 74.6 Å². The van der Waals surface area contributed by atoms with Gasteiger partial charge in [0.1, 0.15) is 9.75 Å². The molecule has 2 aliphatic carbocycles. The minimum atomic E-state index is -2.18. The van der Waals surface area contributed by atoms with Crippen LogP contribution in [0.5, 0.6) is 0 Å². The van der Waals surface area contributed by atoms with E-state index in [1.54, 1.807) is 0 Å². The maximum atomic E-state index is 11.3. The van der Waals surface area contributed by atoms with Crippen LogP contribution in [0.2, 0.25) is 0 Å². The summed E-state index contributed by atoms with van der Waals surface area (Å²) in [7, 11) is 0. The van der Waals surface area contributed by atoms with E-state index >= 15 is 0 Å². The SMILES string of the molecule is O=C(O)C1C(C(=O)O)C2(Cl)C(Cl)=C(Cl)C1(Cl)C2(Cl)Cl.[Cu+2]. The Bertz CT molecular complexity index is 493. The number of carboxylic acid groups (broad SMARTS) is 2. The van der Waals surface area contributed by atoms with Crippen LogP contribution in [0.3, 0.4) is 0 Å². The summed E-state index contributed by atoms with van der Waals surface area (Å²) in [5.41, 5.74) is 0. The molecule has 2 bridgehead atoms. The third kappa shape index (κ3) is 1.75. The molecule has 11 heteroatoms. The number of allylic oxidation sites excluding steroid dienone is 2. The van der Waals surface area contributed by atoms with Gasteiger partial charge < -0.3 is 10.2 Å². The number of hydrogen-bond acceptors (Lipinski definition) is 2. The fourth-order valence-electron chi connectivity index (χ4n) is 2.61. The van der Waals surface area contributed by atoms with Gasteiger partial charge in [-0.2, -0.15) is 0 Å². The van der Waals surface area contributed by atoms with Gasteiger partial charge in [0.25, 0.3) is 0 Å². The van der Waals surface area contributed by atoms with Crippen molar-refractivity contribution >= 4 is 81.5 Å². The van der Waals surface area contributed by atoms with Crippen LogP contribution in [0.25, 0.3) is 0 Å². The molecule has 1 saturated carbocycles. The number of fused-ring (bicyclic) bond motifs is 2. The molecule has 1 fully saturated rings. The molecule has 0 aliphatic heterocycles. The molecule has 0 amide bonds. The molecule has 2 N–H and O–H groups in total. The van der Waals surface area contributed by atoms with Gasteiger partial charge >= 0.3 is 29.0 Å². The normalized spacial score (nSPS) is 41.5. The Morgan fingerprint density at radius 1 is 0.850 bits per heavy atom. The zero-order chi connectivity index (χ0) is 15.0. The van der Waals surface area contributed by atoms with Crippen molar-refractivity contribution < 1.29 is 36.9 Å². The molecule has 0 saturated heterocycles. The summed E-state index contributed by atoms with van der Waals surface area (Å²) in [5, 5.41) is 17.8. The molecular formula is C9H4Cl6CuO4+2. The average Bonchev–Trinajstić information content (AvgIpc) is 2.48. The quantitative estimate of drug-likeness (QED) is 0.499. The first kappa shape index (κ1) is 19.0. The Hall–Kier alpha value is 0.939. The van der Waals surface area contributed by atoms with Crippen molar-refractivity contribution in [1.82, 2.24) is 0 Å². The minimum Gasteiger partial charge on any atom is -0.481 e. The number of carboxylic acids is 2. The molecule has 4 atom stereocenters. The van der Waals surface area contributed by atoms with Crippen molar-refractivity contribution in [3.8, 4) is 0 Å². The number of hydrogen-bond donors (Lipinski definition) is 2. The van der Waals surface area contributed by atoms with E-state index in [0.717, 1.165) is 0 Å². The fourth-order valence-corrected chi connectivity index (χ4v) is 5.54. The van der Waals surface area contributed by atoms with Gasteiger partial charge in [0.15, 0.2) is 4.33 Å². The molecule has 4 nitrogen and oxygen atoms in total. The number of carbonyl (C=O) groups is 2. The molecule has 0 aromatic carbocycles. The smallest absolute Gasteiger partial charge is 0.481 e. The Kier molecular flexibility index (Phi) is 4.98. The molecule has 2 aliphatic rings. The largest absolute Gasteiger partial charge is 2.00 e. The maximum absolute atomic E-state index is 11.3. The first-order valence-corrected chi connectivity index (χ1v) is 7.00. The average molecular weight is 452 g/mol. The third-order valence-electron chi connectivity index (χ3n) is 3.47. The van der Waals surface area contributed by atoms with Crippen LogP contribution >= 0.6 is 69.6 Å². The van der Waals surface area contributed by atoms with Crippen molar-refractivity contribution in [1.29, 1.82) is 0 Å². The number of aliphatic carboxylic acids is 2. The molecule has 0 heterocycles. The van der Waals surface area contributed by atoms with Gasteiger partial charge in [-0.1, -0.05) is 46.4 Å². The first-order chi connectivity index (χ1) is 8.45. The van der Waals surface area contributed by atoms with Crippen LogP contribution in [0.1, 0.15) is 0 Å². The van der Waals surface area contributed by atoms with E-state index in [0.29, 0.717) is 0 Å². The van der Waals surface area contributed by atoms with Crippen molar-refractivity contribution in [2.75, 3.05) is 0 Å². The predicted molar refractivity (Wildman–Crippen MR) is 72.6 cm³/mol. The summed E-state index contributed by atoms with van der Waals surface area (Å²) in [6.07, 6.45) is 0. The van der Waals surface area contributed by atoms with E-state index in [9.17, 15) is 19.8 Å². The van der Waals surface area contributed by atoms with Crippen molar-refractivity contribution in [3.05, 3.63) is 10.1 Å². The zero-order valence-electron chi connectivity index (χ0n) is 8.93. The van der Waals surface area contributed by atoms with Crippen LogP contribution in [-0.2, 0) is 26.7 Å². The number of halogens is 6. The van der Waals surface area contributed by atoms with Gasteiger partial charge in [0.2, 0.25) is 0 Å². The van der Waals surface area contributed by atoms with Gasteiger partial charge in [0.05, 0.1) is 21.9 Å².